The molecule has 4 aromatic rings. The van der Waals surface area contributed by atoms with Gasteiger partial charge in [0.05, 0.1) is 5.69 Å². The fourth-order valence-electron chi connectivity index (χ4n) is 3.89. The first-order valence-corrected chi connectivity index (χ1v) is 11.7. The van der Waals surface area contributed by atoms with Crippen LogP contribution in [0.3, 0.4) is 0 Å². The monoisotopic (exact) mass is 526 g/mol. The van der Waals surface area contributed by atoms with Crippen LogP contribution in [0.5, 0.6) is 5.75 Å². The Morgan fingerprint density at radius 2 is 1.54 bits per heavy atom. The highest BCUT2D eigenvalue weighted by Gasteiger charge is 2.36. The Morgan fingerprint density at radius 1 is 0.829 bits per heavy atom. The molecule has 1 N–H and O–H groups in total. The second kappa shape index (κ2) is 9.56. The zero-order valence-corrected chi connectivity index (χ0v) is 20.0. The molecular weight excluding hydrogens is 508 g/mol. The second-order valence-electron chi connectivity index (χ2n) is 7.93. The first-order valence-electron chi connectivity index (χ1n) is 10.9. The Morgan fingerprint density at radius 3 is 2.31 bits per heavy atom. The average Bonchev–Trinajstić information content (AvgIpc) is 2.87. The highest BCUT2D eigenvalue weighted by Crippen LogP contribution is 2.25. The minimum absolute atomic E-state index is 0.128. The molecule has 0 unspecified atom stereocenters. The highest BCUT2D eigenvalue weighted by atomic mass is 79.9. The van der Waals surface area contributed by atoms with Crippen LogP contribution in [0.4, 0.5) is 10.5 Å². The van der Waals surface area contributed by atoms with E-state index < -0.39 is 17.8 Å². The lowest BCUT2D eigenvalue weighted by molar-refractivity contribution is -0.122. The van der Waals surface area contributed by atoms with Crippen molar-refractivity contribution in [2.75, 3.05) is 4.90 Å². The summed E-state index contributed by atoms with van der Waals surface area (Å²) in [4.78, 5) is 38.7. The number of nitrogens with zero attached hydrogens (tertiary/aromatic N) is 1. The molecule has 1 aliphatic rings. The summed E-state index contributed by atoms with van der Waals surface area (Å²) >= 11 is 3.33. The first-order chi connectivity index (χ1) is 17.0. The lowest BCUT2D eigenvalue weighted by Crippen LogP contribution is -2.54. The maximum Gasteiger partial charge on any atom is 0.335 e. The van der Waals surface area contributed by atoms with Crippen molar-refractivity contribution < 1.29 is 19.1 Å². The lowest BCUT2D eigenvalue weighted by atomic mass is 10.1. The number of carbonyl (C=O) groups excluding carboxylic acids is 3. The number of benzene rings is 4. The van der Waals surface area contributed by atoms with Crippen molar-refractivity contribution in [2.24, 2.45) is 0 Å². The summed E-state index contributed by atoms with van der Waals surface area (Å²) in [6.07, 6.45) is 1.46. The molecule has 0 aliphatic carbocycles. The van der Waals surface area contributed by atoms with Gasteiger partial charge in [-0.25, -0.2) is 9.69 Å². The summed E-state index contributed by atoms with van der Waals surface area (Å²) < 4.78 is 6.77. The van der Waals surface area contributed by atoms with Crippen LogP contribution in [-0.4, -0.2) is 17.8 Å². The smallest absolute Gasteiger partial charge is 0.335 e. The number of halogens is 1. The predicted octanol–water partition coefficient (Wildman–Crippen LogP) is 5.85. The van der Waals surface area contributed by atoms with E-state index in [9.17, 15) is 14.4 Å². The van der Waals surface area contributed by atoms with E-state index in [1.165, 1.54) is 6.08 Å². The van der Waals surface area contributed by atoms with E-state index in [1.807, 2.05) is 24.3 Å². The van der Waals surface area contributed by atoms with Crippen molar-refractivity contribution in [3.63, 3.8) is 0 Å². The van der Waals surface area contributed by atoms with Gasteiger partial charge in [-0.3, -0.25) is 14.9 Å². The van der Waals surface area contributed by atoms with Gasteiger partial charge in [0, 0.05) is 4.47 Å². The molecular formula is C28H19BrN2O4. The van der Waals surface area contributed by atoms with Gasteiger partial charge in [0.1, 0.15) is 17.9 Å². The van der Waals surface area contributed by atoms with Crippen LogP contribution in [-0.2, 0) is 16.2 Å². The summed E-state index contributed by atoms with van der Waals surface area (Å²) in [5, 5.41) is 4.53. The topological polar surface area (TPSA) is 75.7 Å². The summed E-state index contributed by atoms with van der Waals surface area (Å²) in [5.74, 6) is -0.756. The third kappa shape index (κ3) is 4.72. The fourth-order valence-corrected chi connectivity index (χ4v) is 4.15. The maximum atomic E-state index is 13.0. The lowest BCUT2D eigenvalue weighted by Gasteiger charge is -2.26. The largest absolute Gasteiger partial charge is 0.489 e. The van der Waals surface area contributed by atoms with Gasteiger partial charge in [0.25, 0.3) is 11.8 Å². The van der Waals surface area contributed by atoms with Crippen LogP contribution in [0, 0.1) is 0 Å². The average molecular weight is 527 g/mol. The molecule has 1 saturated heterocycles. The molecule has 4 aromatic carbocycles. The predicted molar refractivity (Wildman–Crippen MR) is 138 cm³/mol. The Labute approximate surface area is 209 Å². The molecule has 1 fully saturated rings. The van der Waals surface area contributed by atoms with Crippen LogP contribution in [0.2, 0.25) is 0 Å². The van der Waals surface area contributed by atoms with E-state index in [0.717, 1.165) is 25.7 Å². The summed E-state index contributed by atoms with van der Waals surface area (Å²) in [6.45, 7) is 0.410. The number of amides is 4. The molecule has 0 saturated carbocycles. The minimum Gasteiger partial charge on any atom is -0.489 e. The van der Waals surface area contributed by atoms with Crippen LogP contribution < -0.4 is 15.0 Å². The Kier molecular flexibility index (Phi) is 6.16. The van der Waals surface area contributed by atoms with Crippen molar-refractivity contribution in [3.8, 4) is 5.75 Å². The van der Waals surface area contributed by atoms with Crippen LogP contribution in [0.25, 0.3) is 16.8 Å². The Balaban J connectivity index is 1.33. The van der Waals surface area contributed by atoms with E-state index in [1.54, 1.807) is 48.5 Å². The van der Waals surface area contributed by atoms with E-state index in [-0.39, 0.29) is 5.57 Å². The number of anilines is 1. The van der Waals surface area contributed by atoms with Gasteiger partial charge in [0.2, 0.25) is 0 Å². The molecule has 1 aliphatic heterocycles. The van der Waals surface area contributed by atoms with Crippen molar-refractivity contribution >= 4 is 56.3 Å². The van der Waals surface area contributed by atoms with Crippen molar-refractivity contribution in [1.82, 2.24) is 5.32 Å². The van der Waals surface area contributed by atoms with Gasteiger partial charge in [-0.15, -0.1) is 0 Å². The molecule has 6 nitrogen and oxygen atoms in total. The molecule has 5 rings (SSSR count). The number of carbonyl (C=O) groups is 3. The third-order valence-corrected chi connectivity index (χ3v) is 6.18. The van der Waals surface area contributed by atoms with E-state index >= 15 is 0 Å². The third-order valence-electron chi connectivity index (χ3n) is 5.65. The molecule has 0 spiro atoms. The number of nitrogens with one attached hydrogen (secondary N) is 1. The van der Waals surface area contributed by atoms with Gasteiger partial charge < -0.3 is 4.74 Å². The second-order valence-corrected chi connectivity index (χ2v) is 8.85. The molecule has 172 valence electrons. The number of hydrogen-bond acceptors (Lipinski definition) is 4. The van der Waals surface area contributed by atoms with Crippen molar-refractivity contribution in [2.45, 2.75) is 6.61 Å². The summed E-state index contributed by atoms with van der Waals surface area (Å²) in [5.41, 5.74) is 1.95. The normalized spacial score (nSPS) is 14.9. The standard InChI is InChI=1S/C28H19BrN2O4/c29-21-10-12-22(13-11-21)31-27(33)25(26(32)30-28(31)34)16-18-8-14-23(15-9-18)35-17-20-6-3-5-19-4-1-2-7-24(19)20/h1-16H,17H2,(H,30,32,34)/b25-16+. The van der Waals surface area contributed by atoms with Crippen molar-refractivity contribution in [3.05, 3.63) is 112 Å². The van der Waals surface area contributed by atoms with Gasteiger partial charge in [-0.1, -0.05) is 70.5 Å². The number of imide groups is 2. The highest BCUT2D eigenvalue weighted by molar-refractivity contribution is 9.10. The quantitative estimate of drug-likeness (QED) is 0.261. The number of rotatable bonds is 5. The molecule has 0 bridgehead atoms. The van der Waals surface area contributed by atoms with Crippen LogP contribution in [0.15, 0.2) is 101 Å². The van der Waals surface area contributed by atoms with E-state index in [2.05, 4.69) is 39.4 Å². The molecule has 1 heterocycles. The minimum atomic E-state index is -0.781. The van der Waals surface area contributed by atoms with E-state index in [4.69, 9.17) is 4.74 Å². The number of hydrogen-bond donors (Lipinski definition) is 1. The zero-order valence-electron chi connectivity index (χ0n) is 18.4. The Hall–Kier alpha value is -4.23. The van der Waals surface area contributed by atoms with Gasteiger partial charge in [-0.2, -0.15) is 0 Å². The molecule has 0 radical (unpaired) electrons. The van der Waals surface area contributed by atoms with Gasteiger partial charge in [0.15, 0.2) is 0 Å². The maximum absolute atomic E-state index is 13.0. The molecule has 35 heavy (non-hydrogen) atoms. The van der Waals surface area contributed by atoms with Gasteiger partial charge in [-0.05, 0) is 64.4 Å². The number of urea groups is 1. The van der Waals surface area contributed by atoms with E-state index in [0.29, 0.717) is 23.6 Å². The SMILES string of the molecule is O=C1NC(=O)N(c2ccc(Br)cc2)C(=O)/C1=C/c1ccc(OCc2cccc3ccccc23)cc1. The molecule has 0 atom stereocenters. The van der Waals surface area contributed by atoms with Gasteiger partial charge >= 0.3 is 6.03 Å². The first kappa shape index (κ1) is 22.6. The number of fused-ring (bicyclic) bond motifs is 1. The molecule has 0 aromatic heterocycles. The number of barbiturate groups is 1. The Bertz CT molecular complexity index is 1470. The number of ether oxygens (including phenoxy) is 1. The molecule has 4 amide bonds. The summed E-state index contributed by atoms with van der Waals surface area (Å²) in [6, 6.07) is 27.2. The van der Waals surface area contributed by atoms with Crippen LogP contribution in [0.1, 0.15) is 11.1 Å². The summed E-state index contributed by atoms with van der Waals surface area (Å²) in [7, 11) is 0. The van der Waals surface area contributed by atoms with Crippen molar-refractivity contribution in [1.29, 1.82) is 0 Å². The van der Waals surface area contributed by atoms with Crippen LogP contribution >= 0.6 is 15.9 Å². The molecule has 7 heteroatoms. The fraction of sp³-hybridized carbons (Fsp3) is 0.0357. The zero-order chi connectivity index (χ0) is 24.4.